The van der Waals surface area contributed by atoms with E-state index in [2.05, 4.69) is 36.4 Å². The molecule has 1 aromatic heterocycles. The van der Waals surface area contributed by atoms with Gasteiger partial charge >= 0.3 is 0 Å². The van der Waals surface area contributed by atoms with Gasteiger partial charge in [-0.3, -0.25) is 5.43 Å². The van der Waals surface area contributed by atoms with Crippen LogP contribution in [0.3, 0.4) is 0 Å². The number of anilines is 1. The van der Waals surface area contributed by atoms with Gasteiger partial charge in [0.05, 0.1) is 11.9 Å². The monoisotopic (exact) mass is 226 g/mol. The fourth-order valence-corrected chi connectivity index (χ4v) is 2.27. The first-order valence-corrected chi connectivity index (χ1v) is 5.55. The molecule has 1 aliphatic heterocycles. The highest BCUT2D eigenvalue weighted by molar-refractivity contribution is 7.94. The van der Waals surface area contributed by atoms with Crippen molar-refractivity contribution >= 4 is 23.6 Å². The van der Waals surface area contributed by atoms with Crippen LogP contribution < -0.4 is 5.43 Å². The Morgan fingerprint density at radius 2 is 2.27 bits per heavy atom. The molecule has 0 bridgehead atoms. The van der Waals surface area contributed by atoms with Crippen LogP contribution in [0.1, 0.15) is 26.1 Å². The highest BCUT2D eigenvalue weighted by Crippen LogP contribution is 2.35. The molecule has 2 N–H and O–H groups in total. The van der Waals surface area contributed by atoms with Gasteiger partial charge in [0.15, 0.2) is 5.37 Å². The Balaban J connectivity index is 2.41. The molecule has 0 saturated carbocycles. The molecule has 5 nitrogen and oxygen atoms in total. The molecule has 1 aliphatic rings. The van der Waals surface area contributed by atoms with Crippen molar-refractivity contribution in [2.24, 2.45) is 10.5 Å². The Kier molecular flexibility index (Phi) is 2.47. The number of fused-ring (bicyclic) bond motifs is 1. The SMILES string of the molecule is CC(C)(C)C1=NNc2ccnn2C1SO. The van der Waals surface area contributed by atoms with Crippen LogP contribution >= 0.6 is 12.0 Å². The van der Waals surface area contributed by atoms with Crippen LogP contribution in [0.5, 0.6) is 0 Å². The van der Waals surface area contributed by atoms with Crippen LogP contribution in [0.4, 0.5) is 5.82 Å². The number of nitrogens with zero attached hydrogens (tertiary/aromatic N) is 3. The molecule has 0 amide bonds. The van der Waals surface area contributed by atoms with Crippen LogP contribution in [0, 0.1) is 5.41 Å². The first kappa shape index (κ1) is 10.5. The Labute approximate surface area is 92.8 Å². The summed E-state index contributed by atoms with van der Waals surface area (Å²) < 4.78 is 11.1. The van der Waals surface area contributed by atoms with E-state index >= 15 is 0 Å². The number of aromatic nitrogens is 2. The minimum Gasteiger partial charge on any atom is -0.328 e. The third-order valence-corrected chi connectivity index (χ3v) is 2.91. The number of rotatable bonds is 1. The molecular weight excluding hydrogens is 212 g/mol. The quantitative estimate of drug-likeness (QED) is 0.722. The summed E-state index contributed by atoms with van der Waals surface area (Å²) in [6, 6.07) is 1.83. The second-order valence-electron chi connectivity index (χ2n) is 4.48. The van der Waals surface area contributed by atoms with E-state index in [0.717, 1.165) is 23.6 Å². The molecule has 6 heteroatoms. The molecule has 0 aliphatic carbocycles. The highest BCUT2D eigenvalue weighted by atomic mass is 32.2. The summed E-state index contributed by atoms with van der Waals surface area (Å²) in [6.45, 7) is 6.18. The first-order valence-electron chi connectivity index (χ1n) is 4.72. The van der Waals surface area contributed by atoms with E-state index in [-0.39, 0.29) is 10.8 Å². The van der Waals surface area contributed by atoms with Crippen LogP contribution in [-0.4, -0.2) is 20.0 Å². The molecule has 0 spiro atoms. The Morgan fingerprint density at radius 3 is 2.87 bits per heavy atom. The van der Waals surface area contributed by atoms with Gasteiger partial charge < -0.3 is 4.55 Å². The van der Waals surface area contributed by atoms with Crippen molar-refractivity contribution in [3.8, 4) is 0 Å². The predicted octanol–water partition coefficient (Wildman–Crippen LogP) is 2.42. The number of hydrogen-bond acceptors (Lipinski definition) is 5. The lowest BCUT2D eigenvalue weighted by molar-refractivity contribution is 0.534. The maximum Gasteiger partial charge on any atom is 0.165 e. The third kappa shape index (κ3) is 1.74. The van der Waals surface area contributed by atoms with E-state index in [1.165, 1.54) is 0 Å². The Morgan fingerprint density at radius 1 is 1.53 bits per heavy atom. The minimum absolute atomic E-state index is 0.100. The molecule has 0 fully saturated rings. The summed E-state index contributed by atoms with van der Waals surface area (Å²) in [5.41, 5.74) is 3.71. The number of hydrogen-bond donors (Lipinski definition) is 2. The Hall–Kier alpha value is -1.01. The van der Waals surface area contributed by atoms with Crippen LogP contribution in [0.25, 0.3) is 0 Å². The van der Waals surface area contributed by atoms with Gasteiger partial charge in [-0.25, -0.2) is 4.68 Å². The molecule has 2 heterocycles. The van der Waals surface area contributed by atoms with Gasteiger partial charge in [-0.2, -0.15) is 10.2 Å². The van der Waals surface area contributed by atoms with E-state index in [1.807, 2.05) is 6.07 Å². The fraction of sp³-hybridized carbons (Fsp3) is 0.556. The van der Waals surface area contributed by atoms with Gasteiger partial charge in [0.1, 0.15) is 5.82 Å². The van der Waals surface area contributed by atoms with Gasteiger partial charge in [-0.05, 0) is 0 Å². The second kappa shape index (κ2) is 3.53. The molecule has 1 atom stereocenters. The lowest BCUT2D eigenvalue weighted by Gasteiger charge is -2.30. The molecule has 2 rings (SSSR count). The molecule has 0 radical (unpaired) electrons. The predicted molar refractivity (Wildman–Crippen MR) is 62.0 cm³/mol. The van der Waals surface area contributed by atoms with Crippen molar-refractivity contribution in [3.05, 3.63) is 12.3 Å². The molecule has 1 aromatic rings. The van der Waals surface area contributed by atoms with Crippen molar-refractivity contribution in [1.29, 1.82) is 0 Å². The first-order chi connectivity index (χ1) is 7.04. The number of hydrazone groups is 1. The lowest BCUT2D eigenvalue weighted by Crippen LogP contribution is -2.33. The fourth-order valence-electron chi connectivity index (χ4n) is 1.51. The third-order valence-electron chi connectivity index (χ3n) is 2.29. The molecule has 1 unspecified atom stereocenters. The summed E-state index contributed by atoms with van der Waals surface area (Å²) in [7, 11) is 0. The molecule has 0 saturated heterocycles. The van der Waals surface area contributed by atoms with Crippen molar-refractivity contribution in [3.63, 3.8) is 0 Å². The minimum atomic E-state index is -0.240. The zero-order chi connectivity index (χ0) is 11.1. The number of nitrogens with one attached hydrogen (secondary N) is 1. The molecule has 82 valence electrons. The van der Waals surface area contributed by atoms with E-state index < -0.39 is 0 Å². The zero-order valence-corrected chi connectivity index (χ0v) is 9.75. The van der Waals surface area contributed by atoms with E-state index in [0.29, 0.717) is 0 Å². The van der Waals surface area contributed by atoms with Gasteiger partial charge in [-0.15, -0.1) is 0 Å². The largest absolute Gasteiger partial charge is 0.328 e. The maximum absolute atomic E-state index is 9.34. The summed E-state index contributed by atoms with van der Waals surface area (Å²) >= 11 is 0.758. The van der Waals surface area contributed by atoms with Crippen LogP contribution in [0.2, 0.25) is 0 Å². The molecule has 15 heavy (non-hydrogen) atoms. The van der Waals surface area contributed by atoms with Gasteiger partial charge in [-0.1, -0.05) is 20.8 Å². The van der Waals surface area contributed by atoms with E-state index in [9.17, 15) is 4.55 Å². The second-order valence-corrected chi connectivity index (χ2v) is 5.13. The maximum atomic E-state index is 9.34. The van der Waals surface area contributed by atoms with Crippen molar-refractivity contribution < 1.29 is 4.55 Å². The summed E-state index contributed by atoms with van der Waals surface area (Å²) in [6.07, 6.45) is 1.69. The van der Waals surface area contributed by atoms with Gasteiger partial charge in [0, 0.05) is 23.5 Å². The Bertz CT molecular complexity index is 393. The van der Waals surface area contributed by atoms with Gasteiger partial charge in [0.2, 0.25) is 0 Å². The summed E-state index contributed by atoms with van der Waals surface area (Å²) in [5, 5.41) is 8.22. The highest BCUT2D eigenvalue weighted by Gasteiger charge is 2.33. The van der Waals surface area contributed by atoms with E-state index in [1.54, 1.807) is 10.9 Å². The smallest absolute Gasteiger partial charge is 0.165 e. The molecule has 0 aromatic carbocycles. The average molecular weight is 226 g/mol. The zero-order valence-electron chi connectivity index (χ0n) is 8.93. The van der Waals surface area contributed by atoms with Gasteiger partial charge in [0.25, 0.3) is 0 Å². The van der Waals surface area contributed by atoms with Crippen LogP contribution in [-0.2, 0) is 0 Å². The van der Waals surface area contributed by atoms with E-state index in [4.69, 9.17) is 0 Å². The molecular formula is C9H14N4OS. The van der Waals surface area contributed by atoms with Crippen molar-refractivity contribution in [2.75, 3.05) is 5.43 Å². The summed E-state index contributed by atoms with van der Waals surface area (Å²) in [4.78, 5) is 0. The van der Waals surface area contributed by atoms with Crippen molar-refractivity contribution in [1.82, 2.24) is 9.78 Å². The normalized spacial score (nSPS) is 20.5. The van der Waals surface area contributed by atoms with Crippen LogP contribution in [0.15, 0.2) is 17.4 Å². The average Bonchev–Trinajstić information content (AvgIpc) is 2.61. The standard InChI is InChI=1S/C9H14N4OS/c1-9(2,3)7-8(15-14)13-6(11-12-7)4-5-10-13/h4-5,8,11,14H,1-3H3. The summed E-state index contributed by atoms with van der Waals surface area (Å²) in [5.74, 6) is 0.801. The topological polar surface area (TPSA) is 62.4 Å². The lowest BCUT2D eigenvalue weighted by atomic mass is 9.89. The van der Waals surface area contributed by atoms with Crippen molar-refractivity contribution in [2.45, 2.75) is 26.1 Å².